The molecule has 0 saturated carbocycles. The van der Waals surface area contributed by atoms with Crippen LogP contribution in [0.3, 0.4) is 0 Å². The molecular formula is C24H28N4O2S2. The van der Waals surface area contributed by atoms with Crippen LogP contribution in [0.2, 0.25) is 0 Å². The molecule has 1 aliphatic rings. The summed E-state index contributed by atoms with van der Waals surface area (Å²) in [5.74, 6) is 0.223. The SMILES string of the molecule is C=CCn1c(SCC(=O)NC2CCN(CC)CC2)nc2scc(-c3ccccc3)c2c1=O. The fourth-order valence-corrected chi connectivity index (χ4v) is 5.84. The molecule has 0 spiro atoms. The summed E-state index contributed by atoms with van der Waals surface area (Å²) in [5.41, 5.74) is 1.80. The van der Waals surface area contributed by atoms with Crippen LogP contribution >= 0.6 is 23.1 Å². The van der Waals surface area contributed by atoms with Gasteiger partial charge in [-0.3, -0.25) is 14.2 Å². The summed E-state index contributed by atoms with van der Waals surface area (Å²) in [6.07, 6.45) is 3.65. The zero-order chi connectivity index (χ0) is 22.5. The van der Waals surface area contributed by atoms with Gasteiger partial charge in [0.2, 0.25) is 5.91 Å². The van der Waals surface area contributed by atoms with Gasteiger partial charge in [0.05, 0.1) is 11.1 Å². The van der Waals surface area contributed by atoms with Gasteiger partial charge in [-0.15, -0.1) is 17.9 Å². The molecule has 1 saturated heterocycles. The molecule has 168 valence electrons. The number of hydrogen-bond acceptors (Lipinski definition) is 6. The number of amides is 1. The van der Waals surface area contributed by atoms with Crippen LogP contribution in [0.5, 0.6) is 0 Å². The number of thiophene rings is 1. The van der Waals surface area contributed by atoms with Crippen molar-refractivity contribution in [3.8, 4) is 11.1 Å². The molecule has 0 aliphatic carbocycles. The summed E-state index contributed by atoms with van der Waals surface area (Å²) >= 11 is 2.77. The minimum Gasteiger partial charge on any atom is -0.353 e. The lowest BCUT2D eigenvalue weighted by atomic mass is 10.1. The highest BCUT2D eigenvalue weighted by Gasteiger charge is 2.21. The van der Waals surface area contributed by atoms with E-state index in [4.69, 9.17) is 4.98 Å². The van der Waals surface area contributed by atoms with Crippen LogP contribution in [0.4, 0.5) is 0 Å². The van der Waals surface area contributed by atoms with Gasteiger partial charge >= 0.3 is 0 Å². The van der Waals surface area contributed by atoms with Crippen LogP contribution in [-0.4, -0.2) is 51.8 Å². The largest absolute Gasteiger partial charge is 0.353 e. The minimum absolute atomic E-state index is 0.0133. The van der Waals surface area contributed by atoms with E-state index in [1.54, 1.807) is 10.6 Å². The average Bonchev–Trinajstić information content (AvgIpc) is 3.25. The fourth-order valence-electron chi connectivity index (χ4n) is 4.03. The highest BCUT2D eigenvalue weighted by atomic mass is 32.2. The zero-order valence-electron chi connectivity index (χ0n) is 18.3. The number of thioether (sulfide) groups is 1. The molecule has 2 aromatic heterocycles. The maximum atomic E-state index is 13.4. The van der Waals surface area contributed by atoms with E-state index in [1.807, 2.05) is 35.7 Å². The number of nitrogens with one attached hydrogen (secondary N) is 1. The zero-order valence-corrected chi connectivity index (χ0v) is 19.9. The first-order chi connectivity index (χ1) is 15.6. The van der Waals surface area contributed by atoms with Crippen molar-refractivity contribution >= 4 is 39.2 Å². The minimum atomic E-state index is -0.0927. The molecule has 0 unspecified atom stereocenters. The molecular weight excluding hydrogens is 440 g/mol. The van der Waals surface area contributed by atoms with Crippen LogP contribution in [-0.2, 0) is 11.3 Å². The molecule has 3 aromatic rings. The van der Waals surface area contributed by atoms with Crippen molar-refractivity contribution in [1.29, 1.82) is 0 Å². The van der Waals surface area contributed by atoms with E-state index in [-0.39, 0.29) is 23.3 Å². The number of fused-ring (bicyclic) bond motifs is 1. The molecule has 1 amide bonds. The van der Waals surface area contributed by atoms with Gasteiger partial charge in [-0.1, -0.05) is 55.1 Å². The first-order valence-electron chi connectivity index (χ1n) is 10.9. The van der Waals surface area contributed by atoms with E-state index in [0.717, 1.165) is 43.6 Å². The molecule has 0 atom stereocenters. The first-order valence-corrected chi connectivity index (χ1v) is 12.8. The number of allylic oxidation sites excluding steroid dienone is 1. The quantitative estimate of drug-likeness (QED) is 0.307. The van der Waals surface area contributed by atoms with Crippen molar-refractivity contribution in [3.05, 3.63) is 58.7 Å². The summed E-state index contributed by atoms with van der Waals surface area (Å²) in [7, 11) is 0. The second-order valence-electron chi connectivity index (χ2n) is 7.86. The Morgan fingerprint density at radius 1 is 1.31 bits per heavy atom. The Balaban J connectivity index is 1.52. The maximum absolute atomic E-state index is 13.4. The summed E-state index contributed by atoms with van der Waals surface area (Å²) in [6.45, 7) is 9.41. The monoisotopic (exact) mass is 468 g/mol. The number of piperidine rings is 1. The summed E-state index contributed by atoms with van der Waals surface area (Å²) in [6, 6.07) is 10.1. The van der Waals surface area contributed by atoms with E-state index in [0.29, 0.717) is 21.9 Å². The normalized spacial score (nSPS) is 15.2. The molecule has 3 heterocycles. The van der Waals surface area contributed by atoms with Crippen molar-refractivity contribution < 1.29 is 4.79 Å². The average molecular weight is 469 g/mol. The van der Waals surface area contributed by atoms with Gasteiger partial charge in [-0.25, -0.2) is 4.98 Å². The van der Waals surface area contributed by atoms with Crippen molar-refractivity contribution in [1.82, 2.24) is 19.8 Å². The predicted molar refractivity (Wildman–Crippen MR) is 134 cm³/mol. The molecule has 32 heavy (non-hydrogen) atoms. The molecule has 6 nitrogen and oxygen atoms in total. The number of carbonyl (C=O) groups is 1. The number of likely N-dealkylation sites (tertiary alicyclic amines) is 1. The van der Waals surface area contributed by atoms with Gasteiger partial charge in [-0.05, 0) is 24.9 Å². The standard InChI is InChI=1S/C24H28N4O2S2/c1-3-12-28-23(30)21-19(17-8-6-5-7-9-17)15-31-22(21)26-24(28)32-16-20(29)25-18-10-13-27(4-2)14-11-18/h3,5-9,15,18H,1,4,10-14,16H2,2H3,(H,25,29). The van der Waals surface area contributed by atoms with Crippen molar-refractivity contribution in [2.24, 2.45) is 0 Å². The van der Waals surface area contributed by atoms with E-state index in [9.17, 15) is 9.59 Å². The Morgan fingerprint density at radius 2 is 2.06 bits per heavy atom. The molecule has 0 bridgehead atoms. The summed E-state index contributed by atoms with van der Waals surface area (Å²) in [4.78, 5) is 33.8. The van der Waals surface area contributed by atoms with E-state index < -0.39 is 0 Å². The van der Waals surface area contributed by atoms with E-state index >= 15 is 0 Å². The first kappa shape index (κ1) is 22.8. The van der Waals surface area contributed by atoms with Crippen LogP contribution in [0.25, 0.3) is 21.3 Å². The van der Waals surface area contributed by atoms with Crippen molar-refractivity contribution in [3.63, 3.8) is 0 Å². The lowest BCUT2D eigenvalue weighted by molar-refractivity contribution is -0.119. The second-order valence-corrected chi connectivity index (χ2v) is 9.66. The maximum Gasteiger partial charge on any atom is 0.263 e. The second kappa shape index (κ2) is 10.5. The number of rotatable bonds is 8. The third kappa shape index (κ3) is 4.98. The molecule has 1 N–H and O–H groups in total. The highest BCUT2D eigenvalue weighted by Crippen LogP contribution is 2.32. The molecule has 8 heteroatoms. The van der Waals surface area contributed by atoms with Crippen LogP contribution in [0.15, 0.2) is 58.3 Å². The number of benzene rings is 1. The molecule has 4 rings (SSSR count). The van der Waals surface area contributed by atoms with Gasteiger partial charge in [0.15, 0.2) is 5.16 Å². The number of carbonyl (C=O) groups excluding carboxylic acids is 1. The van der Waals surface area contributed by atoms with Crippen molar-refractivity contribution in [2.75, 3.05) is 25.4 Å². The lowest BCUT2D eigenvalue weighted by Gasteiger charge is -2.31. The Hall–Kier alpha value is -2.42. The number of aromatic nitrogens is 2. The Kier molecular flexibility index (Phi) is 7.44. The lowest BCUT2D eigenvalue weighted by Crippen LogP contribution is -2.45. The van der Waals surface area contributed by atoms with Gasteiger partial charge in [0, 0.05) is 36.6 Å². The summed E-state index contributed by atoms with van der Waals surface area (Å²) in [5, 5.41) is 6.31. The van der Waals surface area contributed by atoms with E-state index in [1.165, 1.54) is 23.1 Å². The molecule has 1 fully saturated rings. The van der Waals surface area contributed by atoms with Crippen LogP contribution in [0, 0.1) is 0 Å². The van der Waals surface area contributed by atoms with Gasteiger partial charge in [-0.2, -0.15) is 0 Å². The summed E-state index contributed by atoms with van der Waals surface area (Å²) < 4.78 is 1.62. The Labute approximate surface area is 196 Å². The van der Waals surface area contributed by atoms with E-state index in [2.05, 4.69) is 23.7 Å². The smallest absolute Gasteiger partial charge is 0.263 e. The molecule has 0 radical (unpaired) electrons. The fraction of sp³-hybridized carbons (Fsp3) is 0.375. The molecule has 1 aromatic carbocycles. The Morgan fingerprint density at radius 3 is 2.75 bits per heavy atom. The molecule has 1 aliphatic heterocycles. The van der Waals surface area contributed by atoms with Gasteiger partial charge in [0.1, 0.15) is 4.83 Å². The highest BCUT2D eigenvalue weighted by molar-refractivity contribution is 7.99. The predicted octanol–water partition coefficient (Wildman–Crippen LogP) is 4.00. The Bertz CT molecular complexity index is 1150. The third-order valence-electron chi connectivity index (χ3n) is 5.79. The van der Waals surface area contributed by atoms with Crippen molar-refractivity contribution in [2.45, 2.75) is 37.5 Å². The van der Waals surface area contributed by atoms with Crippen LogP contribution in [0.1, 0.15) is 19.8 Å². The topological polar surface area (TPSA) is 67.2 Å². The number of hydrogen-bond donors (Lipinski definition) is 1. The van der Waals surface area contributed by atoms with Gasteiger partial charge in [0.25, 0.3) is 5.56 Å². The van der Waals surface area contributed by atoms with Gasteiger partial charge < -0.3 is 10.2 Å². The number of nitrogens with zero attached hydrogens (tertiary/aromatic N) is 3. The van der Waals surface area contributed by atoms with Crippen LogP contribution < -0.4 is 10.9 Å². The third-order valence-corrected chi connectivity index (χ3v) is 7.64.